The molecule has 3 aromatic carbocycles. The molecule has 60 heavy (non-hydrogen) atoms. The van der Waals surface area contributed by atoms with Crippen LogP contribution >= 0.6 is 20.7 Å². The number of H-pyrrole nitrogens is 1. The number of hydrogen-bond acceptors (Lipinski definition) is 14. The Balaban J connectivity index is 1.69. The summed E-state index contributed by atoms with van der Waals surface area (Å²) in [6.07, 6.45) is -2.62. The van der Waals surface area contributed by atoms with E-state index >= 15 is 0 Å². The quantitative estimate of drug-likeness (QED) is 0.0254. The third kappa shape index (κ3) is 11.6. The summed E-state index contributed by atoms with van der Waals surface area (Å²) in [5.74, 6) is 1.35. The van der Waals surface area contributed by atoms with E-state index in [2.05, 4.69) is 11.1 Å². The highest BCUT2D eigenvalue weighted by atomic mass is 32.1. The molecule has 2 heterocycles. The van der Waals surface area contributed by atoms with Gasteiger partial charge in [0.2, 0.25) is 0 Å². The molecule has 0 bridgehead atoms. The summed E-state index contributed by atoms with van der Waals surface area (Å²) < 4.78 is 52.3. The first-order valence-electron chi connectivity index (χ1n) is 19.6. The first-order valence-corrected chi connectivity index (χ1v) is 21.2. The molecule has 0 saturated carbocycles. The van der Waals surface area contributed by atoms with Crippen molar-refractivity contribution in [3.05, 3.63) is 122 Å². The van der Waals surface area contributed by atoms with Crippen LogP contribution in [-0.2, 0) is 43.3 Å². The average molecular weight is 867 g/mol. The summed E-state index contributed by atoms with van der Waals surface area (Å²) in [6.45, 7) is 9.43. The highest BCUT2D eigenvalue weighted by Crippen LogP contribution is 2.50. The molecule has 17 heteroatoms. The van der Waals surface area contributed by atoms with Crippen LogP contribution in [0.3, 0.4) is 0 Å². The number of aryl methyl sites for hydroxylation is 1. The molecule has 5 atom stereocenters. The van der Waals surface area contributed by atoms with E-state index in [9.17, 15) is 10.1 Å². The third-order valence-electron chi connectivity index (χ3n) is 9.30. The lowest BCUT2D eigenvalue weighted by molar-refractivity contribution is -0.341. The van der Waals surface area contributed by atoms with Crippen LogP contribution < -0.4 is 15.0 Å². The summed E-state index contributed by atoms with van der Waals surface area (Å²) in [7, 11) is 2.61. The van der Waals surface area contributed by atoms with Gasteiger partial charge in [-0.25, -0.2) is 0 Å². The Hall–Kier alpha value is -4.08. The number of nitrogens with zero attached hydrogens (tertiary/aromatic N) is 3. The van der Waals surface area contributed by atoms with Crippen LogP contribution in [0.4, 0.5) is 0 Å². The van der Waals surface area contributed by atoms with Crippen molar-refractivity contribution in [3.8, 4) is 17.6 Å². The highest BCUT2D eigenvalue weighted by Gasteiger charge is 2.51. The first-order chi connectivity index (χ1) is 28.9. The molecule has 1 aliphatic rings. The van der Waals surface area contributed by atoms with Gasteiger partial charge in [0.05, 0.1) is 65.3 Å². The van der Waals surface area contributed by atoms with Gasteiger partial charge in [0.15, 0.2) is 11.0 Å². The van der Waals surface area contributed by atoms with Gasteiger partial charge in [-0.3, -0.25) is 24.0 Å². The lowest BCUT2D eigenvalue weighted by Crippen LogP contribution is -2.42. The molecule has 1 fully saturated rings. The normalized spacial score (nSPS) is 18.6. The molecule has 0 radical (unpaired) electrons. The van der Waals surface area contributed by atoms with E-state index in [1.165, 1.54) is 5.00 Å². The van der Waals surface area contributed by atoms with Gasteiger partial charge in [-0.2, -0.15) is 5.26 Å². The van der Waals surface area contributed by atoms with Crippen LogP contribution in [0.25, 0.3) is 0 Å². The summed E-state index contributed by atoms with van der Waals surface area (Å²) >= 11 is 5.71. The van der Waals surface area contributed by atoms with Crippen molar-refractivity contribution in [2.75, 3.05) is 47.8 Å². The van der Waals surface area contributed by atoms with Crippen molar-refractivity contribution in [1.29, 1.82) is 5.26 Å². The molecule has 1 saturated heterocycles. The number of aromatic nitrogens is 2. The van der Waals surface area contributed by atoms with E-state index in [-0.39, 0.29) is 55.4 Å². The molecule has 15 nitrogen and oxygen atoms in total. The van der Waals surface area contributed by atoms with Gasteiger partial charge >= 0.3 is 8.53 Å². The number of nitrogens with one attached hydrogen (secondary N) is 1. The van der Waals surface area contributed by atoms with Crippen LogP contribution in [0.5, 0.6) is 11.5 Å². The zero-order valence-electron chi connectivity index (χ0n) is 35.3. The van der Waals surface area contributed by atoms with Crippen LogP contribution in [0.1, 0.15) is 62.6 Å². The Morgan fingerprint density at radius 2 is 1.45 bits per heavy atom. The molecule has 5 rings (SSSR count). The van der Waals surface area contributed by atoms with E-state index in [0.717, 1.165) is 16.7 Å². The Morgan fingerprint density at radius 3 is 1.98 bits per heavy atom. The van der Waals surface area contributed by atoms with E-state index in [4.69, 9.17) is 59.4 Å². The molecule has 1 aromatic heterocycles. The SMILES string of the molecule is COCCO[C@@H]1[C@H](OP(OCCC#N)N(OC(C)C)OC(C)C)[C@@H](COC(c2ccccc2)(c2ccc(OC)cc2)c2ccc(OC)cc2)O[C@H]1n1cc(C)c(=O)[nH]c1=S. The maximum Gasteiger partial charge on any atom is 0.311 e. The van der Waals surface area contributed by atoms with Crippen molar-refractivity contribution in [2.45, 2.75) is 83.4 Å². The molecule has 4 aromatic rings. The lowest BCUT2D eigenvalue weighted by atomic mass is 9.80. The summed E-state index contributed by atoms with van der Waals surface area (Å²) in [4.78, 5) is 28.9. The van der Waals surface area contributed by atoms with Crippen LogP contribution in [-0.4, -0.2) is 92.8 Å². The topological polar surface area (TPSA) is 157 Å². The van der Waals surface area contributed by atoms with Crippen LogP contribution in [0.15, 0.2) is 89.9 Å². The number of benzene rings is 3. The average Bonchev–Trinajstić information content (AvgIpc) is 3.58. The maximum absolute atomic E-state index is 12.7. The van der Waals surface area contributed by atoms with E-state index in [0.29, 0.717) is 17.1 Å². The number of aromatic amines is 1. The Kier molecular flexibility index (Phi) is 17.8. The van der Waals surface area contributed by atoms with Gasteiger partial charge in [-0.15, -0.1) is 0 Å². The van der Waals surface area contributed by atoms with Gasteiger partial charge in [0.25, 0.3) is 5.56 Å². The van der Waals surface area contributed by atoms with E-state index < -0.39 is 38.7 Å². The van der Waals surface area contributed by atoms with Gasteiger partial charge in [0, 0.05) is 23.9 Å². The first kappa shape index (κ1) is 47.0. The minimum absolute atomic E-state index is 0.0191. The minimum atomic E-state index is -2.20. The standard InChI is InChI=1S/C43H55N4O11PS/c1-29(2)56-47(57-30(3)4)59(54-24-12-23-44)58-38-37(55-41(39(38)52-26-25-49-6)46-27-31(5)40(48)45-42(46)60)28-53-43(32-13-10-9-11-14-32,33-15-19-35(50-7)20-16-33)34-17-21-36(51-8)22-18-34/h9-11,13-22,27,29-30,37-39,41H,12,24-26,28H2,1-8H3,(H,45,48,60)/t37-,38-,39-,41-,59?/m1/s1. The van der Waals surface area contributed by atoms with Crippen LogP contribution in [0.2, 0.25) is 0 Å². The van der Waals surface area contributed by atoms with E-state index in [1.54, 1.807) is 39.0 Å². The maximum atomic E-state index is 12.7. The monoisotopic (exact) mass is 866 g/mol. The fraction of sp³-hybridized carbons (Fsp3) is 0.465. The molecular formula is C43H55N4O11PS. The highest BCUT2D eigenvalue weighted by molar-refractivity contribution is 7.71. The zero-order valence-corrected chi connectivity index (χ0v) is 37.0. The van der Waals surface area contributed by atoms with Crippen molar-refractivity contribution >= 4 is 20.7 Å². The number of ether oxygens (including phenoxy) is 6. The predicted molar refractivity (Wildman–Crippen MR) is 227 cm³/mol. The van der Waals surface area contributed by atoms with Crippen molar-refractivity contribution in [1.82, 2.24) is 14.5 Å². The molecule has 0 spiro atoms. The zero-order chi connectivity index (χ0) is 43.2. The fourth-order valence-corrected chi connectivity index (χ4v) is 8.27. The number of methoxy groups -OCH3 is 3. The van der Waals surface area contributed by atoms with E-state index in [1.807, 2.05) is 107 Å². The molecule has 0 amide bonds. The minimum Gasteiger partial charge on any atom is -0.497 e. The second-order valence-corrected chi connectivity index (χ2v) is 15.9. The third-order valence-corrected chi connectivity index (χ3v) is 10.9. The number of rotatable bonds is 23. The van der Waals surface area contributed by atoms with Gasteiger partial charge in [0.1, 0.15) is 35.4 Å². The lowest BCUT2D eigenvalue weighted by Gasteiger charge is -2.38. The Bertz CT molecular complexity index is 2020. The predicted octanol–water partition coefficient (Wildman–Crippen LogP) is 7.69. The smallest absolute Gasteiger partial charge is 0.311 e. The van der Waals surface area contributed by atoms with Gasteiger partial charge < -0.3 is 37.5 Å². The van der Waals surface area contributed by atoms with Crippen molar-refractivity contribution < 1.29 is 47.1 Å². The molecule has 1 unspecified atom stereocenters. The fourth-order valence-electron chi connectivity index (χ4n) is 6.55. The Labute approximate surface area is 357 Å². The number of hydrogen-bond donors (Lipinski definition) is 1. The summed E-state index contributed by atoms with van der Waals surface area (Å²) in [5, 5.41) is 9.45. The number of nitriles is 1. The molecule has 1 aliphatic heterocycles. The molecule has 324 valence electrons. The van der Waals surface area contributed by atoms with Crippen LogP contribution in [0, 0.1) is 23.0 Å². The van der Waals surface area contributed by atoms with Crippen molar-refractivity contribution in [2.24, 2.45) is 0 Å². The largest absolute Gasteiger partial charge is 0.497 e. The summed E-state index contributed by atoms with van der Waals surface area (Å²) in [5.41, 5.74) is 1.31. The second kappa shape index (κ2) is 22.7. The van der Waals surface area contributed by atoms with Gasteiger partial charge in [-0.1, -0.05) is 54.6 Å². The second-order valence-electron chi connectivity index (χ2n) is 14.3. The van der Waals surface area contributed by atoms with Crippen molar-refractivity contribution in [3.63, 3.8) is 0 Å². The molecular weight excluding hydrogens is 812 g/mol. The molecule has 1 N–H and O–H groups in total. The summed E-state index contributed by atoms with van der Waals surface area (Å²) in [6, 6.07) is 27.4. The Morgan fingerprint density at radius 1 is 0.867 bits per heavy atom. The van der Waals surface area contributed by atoms with Gasteiger partial charge in [-0.05, 0) is 87.8 Å². The molecule has 0 aliphatic carbocycles.